The number of hydrogen-bond donors (Lipinski definition) is 2. The molecule has 0 radical (unpaired) electrons. The molecular weight excluding hydrogens is 319 g/mol. The van der Waals surface area contributed by atoms with Gasteiger partial charge in [0.15, 0.2) is 11.6 Å². The number of ether oxygens (including phenoxy) is 1. The Kier molecular flexibility index (Phi) is 5.59. The Hall–Kier alpha value is -2.23. The summed E-state index contributed by atoms with van der Waals surface area (Å²) in [6.45, 7) is 0. The second-order valence-electron chi connectivity index (χ2n) is 3.46. The van der Waals surface area contributed by atoms with Gasteiger partial charge in [-0.1, -0.05) is 0 Å². The lowest BCUT2D eigenvalue weighted by Gasteiger charge is -2.07. The van der Waals surface area contributed by atoms with Crippen molar-refractivity contribution < 1.29 is 31.0 Å². The van der Waals surface area contributed by atoms with Crippen LogP contribution >= 0.6 is 12.1 Å². The number of halogens is 5. The van der Waals surface area contributed by atoms with E-state index in [1.165, 1.54) is 0 Å². The third kappa shape index (κ3) is 4.12. The van der Waals surface area contributed by atoms with E-state index >= 15 is 0 Å². The molecule has 4 nitrogen and oxygen atoms in total. The van der Waals surface area contributed by atoms with E-state index in [1.54, 1.807) is 0 Å². The molecule has 114 valence electrons. The molecular formula is C11H7F5N2O2S. The number of esters is 1. The van der Waals surface area contributed by atoms with Gasteiger partial charge < -0.3 is 16.2 Å². The van der Waals surface area contributed by atoms with Crippen LogP contribution < -0.4 is 16.2 Å². The number of carbonyl (C=O) groups excluding carboxylic acids is 1. The number of nitrogens with two attached hydrogens (primary N) is 2. The lowest BCUT2D eigenvalue weighted by Crippen LogP contribution is -2.19. The van der Waals surface area contributed by atoms with Gasteiger partial charge in [-0.05, 0) is 12.2 Å². The van der Waals surface area contributed by atoms with Crippen molar-refractivity contribution in [3.8, 4) is 5.75 Å². The molecule has 10 heteroatoms. The first-order valence-electron chi connectivity index (χ1n) is 5.04. The molecule has 0 bridgehead atoms. The Balaban J connectivity index is 3.05. The zero-order valence-corrected chi connectivity index (χ0v) is 10.8. The van der Waals surface area contributed by atoms with Gasteiger partial charge in [0.2, 0.25) is 17.4 Å². The molecule has 1 aromatic rings. The van der Waals surface area contributed by atoms with E-state index in [4.69, 9.17) is 11.5 Å². The highest BCUT2D eigenvalue weighted by molar-refractivity contribution is 7.98. The summed E-state index contributed by atoms with van der Waals surface area (Å²) in [5.74, 6) is -10.4. The minimum Gasteiger partial charge on any atom is -0.415 e. The van der Waals surface area contributed by atoms with Crippen molar-refractivity contribution in [3.05, 3.63) is 52.2 Å². The molecule has 1 aromatic carbocycles. The predicted molar refractivity (Wildman–Crippen MR) is 65.1 cm³/mol. The van der Waals surface area contributed by atoms with Gasteiger partial charge >= 0.3 is 5.97 Å². The van der Waals surface area contributed by atoms with E-state index < -0.39 is 40.7 Å². The van der Waals surface area contributed by atoms with Gasteiger partial charge in [0.1, 0.15) is 5.70 Å². The third-order valence-corrected chi connectivity index (χ3v) is 2.33. The fraction of sp³-hybridized carbons (Fsp3) is 0. The second-order valence-corrected chi connectivity index (χ2v) is 4.08. The van der Waals surface area contributed by atoms with Crippen LogP contribution in [0, 0.1) is 23.3 Å². The zero-order valence-electron chi connectivity index (χ0n) is 10.0. The normalized spacial score (nSPS) is 12.4. The molecule has 0 atom stereocenters. The summed E-state index contributed by atoms with van der Waals surface area (Å²) < 4.78 is 68.3. The summed E-state index contributed by atoms with van der Waals surface area (Å²) in [6.07, 6.45) is 1.66. The standard InChI is InChI=1S/C11H7F5N2O2S/c12-4-3-5(13)9(15)10(8(4)14)20-11(19)6(17)1-2-7(18)21-16/h1-3H,17-18H2/b6-1-,7-2+. The van der Waals surface area contributed by atoms with Crippen molar-refractivity contribution in [1.82, 2.24) is 0 Å². The van der Waals surface area contributed by atoms with Crippen molar-refractivity contribution in [2.24, 2.45) is 11.5 Å². The zero-order chi connectivity index (χ0) is 16.2. The molecule has 0 aliphatic carbocycles. The Morgan fingerprint density at radius 3 is 2.10 bits per heavy atom. The largest absolute Gasteiger partial charge is 0.415 e. The maximum absolute atomic E-state index is 13.2. The Bertz CT molecular complexity index is 607. The fourth-order valence-electron chi connectivity index (χ4n) is 1.06. The number of benzene rings is 1. The summed E-state index contributed by atoms with van der Waals surface area (Å²) in [7, 11) is 0. The Labute approximate surface area is 119 Å². The van der Waals surface area contributed by atoms with Gasteiger partial charge in [-0.3, -0.25) is 0 Å². The van der Waals surface area contributed by atoms with Crippen LogP contribution in [0.5, 0.6) is 5.75 Å². The van der Waals surface area contributed by atoms with Crippen LogP contribution in [0.2, 0.25) is 0 Å². The smallest absolute Gasteiger partial charge is 0.359 e. The molecule has 0 aromatic heterocycles. The second kappa shape index (κ2) is 6.97. The maximum atomic E-state index is 13.2. The first-order valence-corrected chi connectivity index (χ1v) is 5.76. The van der Waals surface area contributed by atoms with Crippen LogP contribution in [0.1, 0.15) is 0 Å². The van der Waals surface area contributed by atoms with Crippen LogP contribution in [0.4, 0.5) is 21.4 Å². The molecule has 0 amide bonds. The van der Waals surface area contributed by atoms with Gasteiger partial charge in [-0.15, -0.1) is 0 Å². The number of rotatable bonds is 4. The minimum atomic E-state index is -1.90. The van der Waals surface area contributed by atoms with Crippen LogP contribution in [0.15, 0.2) is 28.9 Å². The molecule has 0 heterocycles. The fourth-order valence-corrected chi connectivity index (χ4v) is 1.18. The quantitative estimate of drug-likeness (QED) is 0.222. The Morgan fingerprint density at radius 2 is 1.62 bits per heavy atom. The summed E-state index contributed by atoms with van der Waals surface area (Å²) in [4.78, 5) is 11.4. The topological polar surface area (TPSA) is 78.3 Å². The van der Waals surface area contributed by atoms with Crippen molar-refractivity contribution in [2.45, 2.75) is 0 Å². The van der Waals surface area contributed by atoms with Gasteiger partial charge in [0, 0.05) is 6.07 Å². The van der Waals surface area contributed by atoms with Crippen molar-refractivity contribution in [2.75, 3.05) is 0 Å². The van der Waals surface area contributed by atoms with Gasteiger partial charge in [-0.2, -0.15) is 12.7 Å². The average molecular weight is 326 g/mol. The summed E-state index contributed by atoms with van der Waals surface area (Å²) in [6, 6.07) is -0.0525. The van der Waals surface area contributed by atoms with Crippen LogP contribution in [0.25, 0.3) is 0 Å². The average Bonchev–Trinajstić information content (AvgIpc) is 2.46. The Morgan fingerprint density at radius 1 is 1.10 bits per heavy atom. The molecule has 0 fully saturated rings. The third-order valence-electron chi connectivity index (χ3n) is 2.02. The van der Waals surface area contributed by atoms with E-state index in [0.717, 1.165) is 12.2 Å². The summed E-state index contributed by atoms with van der Waals surface area (Å²) in [5.41, 5.74) is 9.48. The van der Waals surface area contributed by atoms with E-state index in [0.29, 0.717) is 0 Å². The van der Waals surface area contributed by atoms with Crippen molar-refractivity contribution in [1.29, 1.82) is 0 Å². The maximum Gasteiger partial charge on any atom is 0.359 e. The first-order chi connectivity index (χ1) is 9.77. The van der Waals surface area contributed by atoms with Crippen molar-refractivity contribution in [3.63, 3.8) is 0 Å². The van der Waals surface area contributed by atoms with Gasteiger partial charge in [0.25, 0.3) is 0 Å². The minimum absolute atomic E-state index is 0.0525. The molecule has 0 unspecified atom stereocenters. The summed E-state index contributed by atoms with van der Waals surface area (Å²) >= 11 is -0.341. The summed E-state index contributed by atoms with van der Waals surface area (Å²) in [5, 5.41) is -0.361. The molecule has 21 heavy (non-hydrogen) atoms. The monoisotopic (exact) mass is 326 g/mol. The van der Waals surface area contributed by atoms with E-state index in [2.05, 4.69) is 4.74 Å². The highest BCUT2D eigenvalue weighted by Crippen LogP contribution is 2.26. The van der Waals surface area contributed by atoms with Gasteiger partial charge in [-0.25, -0.2) is 13.6 Å². The molecule has 1 rings (SSSR count). The SMILES string of the molecule is N/C(=C\C=C(/N)SF)C(=O)Oc1c(F)c(F)cc(F)c1F. The van der Waals surface area contributed by atoms with E-state index in [9.17, 15) is 26.2 Å². The molecule has 4 N–H and O–H groups in total. The van der Waals surface area contributed by atoms with Crippen LogP contribution in [-0.4, -0.2) is 5.97 Å². The van der Waals surface area contributed by atoms with Gasteiger partial charge in [0.05, 0.1) is 17.2 Å². The molecule has 0 aliphatic rings. The van der Waals surface area contributed by atoms with Crippen LogP contribution in [0.3, 0.4) is 0 Å². The molecule has 0 aliphatic heterocycles. The molecule has 0 spiro atoms. The molecule has 0 saturated carbocycles. The number of hydrogen-bond acceptors (Lipinski definition) is 5. The number of carbonyl (C=O) groups is 1. The number of allylic oxidation sites excluding steroid dienone is 2. The highest BCUT2D eigenvalue weighted by Gasteiger charge is 2.23. The molecule has 0 saturated heterocycles. The van der Waals surface area contributed by atoms with E-state index in [1.807, 2.05) is 0 Å². The van der Waals surface area contributed by atoms with Crippen LogP contribution in [-0.2, 0) is 4.79 Å². The highest BCUT2D eigenvalue weighted by atomic mass is 32.2. The van der Waals surface area contributed by atoms with Crippen molar-refractivity contribution >= 4 is 18.1 Å². The van der Waals surface area contributed by atoms with E-state index in [-0.39, 0.29) is 23.2 Å². The first kappa shape index (κ1) is 16.8. The predicted octanol–water partition coefficient (Wildman–Crippen LogP) is 2.41. The lowest BCUT2D eigenvalue weighted by atomic mass is 10.3. The lowest BCUT2D eigenvalue weighted by molar-refractivity contribution is -0.130.